The number of aromatic nitrogens is 2. The molecule has 1 saturated heterocycles. The summed E-state index contributed by atoms with van der Waals surface area (Å²) >= 11 is 0. The average Bonchev–Trinajstić information content (AvgIpc) is 3.10. The monoisotopic (exact) mass is 369 g/mol. The van der Waals surface area contributed by atoms with Gasteiger partial charge in [0, 0.05) is 25.2 Å². The van der Waals surface area contributed by atoms with E-state index in [1.165, 1.54) is 4.68 Å². The molecule has 1 amide bonds. The molecule has 2 heterocycles. The summed E-state index contributed by atoms with van der Waals surface area (Å²) in [4.78, 5) is 14.5. The van der Waals surface area contributed by atoms with Gasteiger partial charge in [-0.1, -0.05) is 0 Å². The molecular weight excluding hydrogens is 346 g/mol. The van der Waals surface area contributed by atoms with E-state index >= 15 is 0 Å². The molecule has 27 heavy (non-hydrogen) atoms. The normalized spacial score (nSPS) is 18.0. The number of likely N-dealkylation sites (tertiary alicyclic amines) is 1. The number of carbonyl (C=O) groups is 1. The largest absolute Gasteiger partial charge is 0.475 e. The molecule has 0 spiro atoms. The summed E-state index contributed by atoms with van der Waals surface area (Å²) in [7, 11) is 0. The van der Waals surface area contributed by atoms with Crippen LogP contribution in [0, 0.1) is 11.3 Å². The Kier molecular flexibility index (Phi) is 5.74. The Balaban J connectivity index is 1.90. The van der Waals surface area contributed by atoms with E-state index in [2.05, 4.69) is 11.2 Å². The van der Waals surface area contributed by atoms with Gasteiger partial charge in [0.05, 0.1) is 23.4 Å². The van der Waals surface area contributed by atoms with E-state index in [0.29, 0.717) is 30.2 Å². The van der Waals surface area contributed by atoms with Gasteiger partial charge < -0.3 is 20.5 Å². The Morgan fingerprint density at radius 1 is 1.48 bits per heavy atom. The summed E-state index contributed by atoms with van der Waals surface area (Å²) in [6, 6.07) is 10.4. The lowest BCUT2D eigenvalue weighted by Gasteiger charge is -2.30. The first-order valence-electron chi connectivity index (χ1n) is 8.94. The lowest BCUT2D eigenvalue weighted by atomic mass is 10.1. The van der Waals surface area contributed by atoms with Gasteiger partial charge in [0.1, 0.15) is 6.61 Å². The third-order valence-corrected chi connectivity index (χ3v) is 4.35. The highest BCUT2D eigenvalue weighted by molar-refractivity contribution is 5.92. The Hall–Kier alpha value is -2.89. The molecule has 1 fully saturated rings. The van der Waals surface area contributed by atoms with Gasteiger partial charge >= 0.3 is 0 Å². The summed E-state index contributed by atoms with van der Waals surface area (Å²) in [5.74, 6) is 0.157. The van der Waals surface area contributed by atoms with Crippen molar-refractivity contribution in [1.82, 2.24) is 14.7 Å². The van der Waals surface area contributed by atoms with Crippen molar-refractivity contribution in [3.63, 3.8) is 0 Å². The van der Waals surface area contributed by atoms with Crippen LogP contribution >= 0.6 is 0 Å². The quantitative estimate of drug-likeness (QED) is 0.814. The smallest absolute Gasteiger partial charge is 0.274 e. The number of nitrogens with two attached hydrogens (primary N) is 1. The van der Waals surface area contributed by atoms with Crippen LogP contribution in [-0.2, 0) is 0 Å². The number of amides is 1. The second kappa shape index (κ2) is 8.20. The van der Waals surface area contributed by atoms with E-state index < -0.39 is 6.10 Å². The molecule has 1 aliphatic rings. The van der Waals surface area contributed by atoms with E-state index in [1.54, 1.807) is 42.2 Å². The van der Waals surface area contributed by atoms with Crippen molar-refractivity contribution in [2.75, 3.05) is 19.7 Å². The Morgan fingerprint density at radius 3 is 2.85 bits per heavy atom. The molecule has 0 saturated carbocycles. The number of benzene rings is 1. The fourth-order valence-electron chi connectivity index (χ4n) is 3.00. The van der Waals surface area contributed by atoms with Crippen molar-refractivity contribution >= 4 is 5.91 Å². The van der Waals surface area contributed by atoms with Crippen molar-refractivity contribution < 1.29 is 14.6 Å². The molecule has 1 aliphatic heterocycles. The number of nitriles is 1. The third-order valence-electron chi connectivity index (χ3n) is 4.35. The zero-order valence-electron chi connectivity index (χ0n) is 15.2. The van der Waals surface area contributed by atoms with E-state index in [1.807, 2.05) is 0 Å². The topological polar surface area (TPSA) is 117 Å². The number of aliphatic hydroxyl groups is 1. The SMILES string of the molecule is CC(O)COc1cc(C(=O)N2CCC[C@@H](N)C2)nn1-c1ccc(C#N)cc1. The highest BCUT2D eigenvalue weighted by Crippen LogP contribution is 2.22. The van der Waals surface area contributed by atoms with Crippen LogP contribution in [0.25, 0.3) is 5.69 Å². The predicted octanol–water partition coefficient (Wildman–Crippen LogP) is 1.07. The fraction of sp³-hybridized carbons (Fsp3) is 0.421. The van der Waals surface area contributed by atoms with Gasteiger partial charge in [0.25, 0.3) is 5.91 Å². The minimum atomic E-state index is -0.659. The lowest BCUT2D eigenvalue weighted by Crippen LogP contribution is -2.45. The minimum absolute atomic E-state index is 0.0192. The number of ether oxygens (including phenoxy) is 1. The van der Waals surface area contributed by atoms with Crippen LogP contribution in [0.3, 0.4) is 0 Å². The predicted molar refractivity (Wildman–Crippen MR) is 98.6 cm³/mol. The van der Waals surface area contributed by atoms with Crippen molar-refractivity contribution in [2.24, 2.45) is 5.73 Å². The van der Waals surface area contributed by atoms with Gasteiger partial charge in [-0.05, 0) is 44.0 Å². The number of hydrogen-bond donors (Lipinski definition) is 2. The Bertz CT molecular complexity index is 838. The first kappa shape index (κ1) is 18.9. The van der Waals surface area contributed by atoms with Crippen LogP contribution in [0.5, 0.6) is 5.88 Å². The zero-order valence-corrected chi connectivity index (χ0v) is 15.2. The zero-order chi connectivity index (χ0) is 19.4. The maximum atomic E-state index is 12.8. The molecule has 3 N–H and O–H groups in total. The van der Waals surface area contributed by atoms with Crippen LogP contribution in [0.4, 0.5) is 0 Å². The number of nitrogens with zero attached hydrogens (tertiary/aromatic N) is 4. The molecule has 0 bridgehead atoms. The van der Waals surface area contributed by atoms with Crippen molar-refractivity contribution in [3.05, 3.63) is 41.6 Å². The van der Waals surface area contributed by atoms with E-state index in [4.69, 9.17) is 15.7 Å². The first-order chi connectivity index (χ1) is 13.0. The number of aliphatic hydroxyl groups excluding tert-OH is 1. The van der Waals surface area contributed by atoms with Crippen LogP contribution < -0.4 is 10.5 Å². The second-order valence-corrected chi connectivity index (χ2v) is 6.75. The molecule has 1 unspecified atom stereocenters. The molecule has 8 nitrogen and oxygen atoms in total. The average molecular weight is 369 g/mol. The maximum Gasteiger partial charge on any atom is 0.274 e. The highest BCUT2D eigenvalue weighted by atomic mass is 16.5. The van der Waals surface area contributed by atoms with Crippen molar-refractivity contribution in [2.45, 2.75) is 31.9 Å². The molecule has 3 rings (SSSR count). The van der Waals surface area contributed by atoms with Crippen LogP contribution in [0.1, 0.15) is 35.8 Å². The van der Waals surface area contributed by atoms with E-state index in [0.717, 1.165) is 12.8 Å². The first-order valence-corrected chi connectivity index (χ1v) is 8.94. The Morgan fingerprint density at radius 2 is 2.22 bits per heavy atom. The Labute approximate surface area is 157 Å². The van der Waals surface area contributed by atoms with Crippen LogP contribution in [0.2, 0.25) is 0 Å². The summed E-state index contributed by atoms with van der Waals surface area (Å²) in [5, 5.41) is 22.9. The fourth-order valence-corrected chi connectivity index (χ4v) is 3.00. The number of hydrogen-bond acceptors (Lipinski definition) is 6. The number of piperidine rings is 1. The van der Waals surface area contributed by atoms with Gasteiger partial charge in [-0.25, -0.2) is 4.68 Å². The lowest BCUT2D eigenvalue weighted by molar-refractivity contribution is 0.0702. The summed E-state index contributed by atoms with van der Waals surface area (Å²) < 4.78 is 7.14. The molecule has 2 aromatic rings. The molecule has 2 atom stereocenters. The molecule has 0 radical (unpaired) electrons. The van der Waals surface area contributed by atoms with Gasteiger partial charge in [-0.15, -0.1) is 0 Å². The maximum absolute atomic E-state index is 12.8. The van der Waals surface area contributed by atoms with Gasteiger partial charge in [0.15, 0.2) is 5.69 Å². The highest BCUT2D eigenvalue weighted by Gasteiger charge is 2.26. The minimum Gasteiger partial charge on any atom is -0.475 e. The van der Waals surface area contributed by atoms with Crippen LogP contribution in [0.15, 0.2) is 30.3 Å². The number of rotatable bonds is 5. The van der Waals surface area contributed by atoms with Gasteiger partial charge in [0.2, 0.25) is 5.88 Å². The molecule has 8 heteroatoms. The third kappa shape index (κ3) is 4.45. The van der Waals surface area contributed by atoms with E-state index in [9.17, 15) is 9.90 Å². The van der Waals surface area contributed by atoms with E-state index in [-0.39, 0.29) is 24.2 Å². The molecule has 0 aliphatic carbocycles. The standard InChI is InChI=1S/C19H23N5O3/c1-13(25)12-27-18-9-17(19(26)23-8-2-3-15(21)11-23)22-24(18)16-6-4-14(10-20)5-7-16/h4-7,9,13,15,25H,2-3,8,11-12,21H2,1H3/t13?,15-/m1/s1. The molecule has 1 aromatic carbocycles. The second-order valence-electron chi connectivity index (χ2n) is 6.75. The van der Waals surface area contributed by atoms with Crippen molar-refractivity contribution in [1.29, 1.82) is 5.26 Å². The van der Waals surface area contributed by atoms with Crippen LogP contribution in [-0.4, -0.2) is 57.5 Å². The summed E-state index contributed by atoms with van der Waals surface area (Å²) in [5.41, 5.74) is 7.42. The molecular formula is C19H23N5O3. The molecule has 1 aromatic heterocycles. The summed E-state index contributed by atoms with van der Waals surface area (Å²) in [6.45, 7) is 2.85. The van der Waals surface area contributed by atoms with Gasteiger partial charge in [-0.2, -0.15) is 10.4 Å². The summed E-state index contributed by atoms with van der Waals surface area (Å²) in [6.07, 6.45) is 1.12. The number of carbonyl (C=O) groups excluding carboxylic acids is 1. The van der Waals surface area contributed by atoms with Crippen molar-refractivity contribution in [3.8, 4) is 17.6 Å². The van der Waals surface area contributed by atoms with Gasteiger partial charge in [-0.3, -0.25) is 4.79 Å². The molecule has 142 valence electrons.